The third kappa shape index (κ3) is 7.16. The standard InChI is InChI=1S/C22H34N4O3S.HI/c1-23-21(24-19-22(30(2,27)28)10-17-29-18-11-22)26-15-13-25(14-16-26)12-6-9-20-7-4-3-5-8-20;/h3-9H,10-19H2,1-2H3,(H,23,24);1H/b9-6+;. The number of piperazine rings is 1. The molecule has 174 valence electrons. The van der Waals surface area contributed by atoms with Gasteiger partial charge in [0.05, 0.1) is 4.75 Å². The molecule has 0 atom stereocenters. The SMILES string of the molecule is CN=C(NCC1(S(C)(=O)=O)CCOCC1)N1CCN(C/C=C/c2ccccc2)CC1.I. The van der Waals surface area contributed by atoms with Crippen LogP contribution in [0.4, 0.5) is 0 Å². The van der Waals surface area contributed by atoms with Gasteiger partial charge in [0.1, 0.15) is 0 Å². The normalized spacial score (nSPS) is 20.5. The molecule has 2 saturated heterocycles. The monoisotopic (exact) mass is 562 g/mol. The molecule has 0 radical (unpaired) electrons. The van der Waals surface area contributed by atoms with E-state index in [1.807, 2.05) is 18.2 Å². The first kappa shape index (κ1) is 26.1. The summed E-state index contributed by atoms with van der Waals surface area (Å²) < 4.78 is 29.6. The Morgan fingerprint density at radius 3 is 2.39 bits per heavy atom. The zero-order chi connectivity index (χ0) is 21.5. The van der Waals surface area contributed by atoms with Gasteiger partial charge in [-0.2, -0.15) is 0 Å². The summed E-state index contributed by atoms with van der Waals surface area (Å²) in [6.07, 6.45) is 6.75. The highest BCUT2D eigenvalue weighted by atomic mass is 127. The van der Waals surface area contributed by atoms with Crippen LogP contribution in [0, 0.1) is 0 Å². The summed E-state index contributed by atoms with van der Waals surface area (Å²) in [6, 6.07) is 10.3. The molecule has 0 saturated carbocycles. The highest BCUT2D eigenvalue weighted by Crippen LogP contribution is 2.28. The van der Waals surface area contributed by atoms with Crippen LogP contribution in [0.2, 0.25) is 0 Å². The van der Waals surface area contributed by atoms with E-state index in [-0.39, 0.29) is 24.0 Å². The summed E-state index contributed by atoms with van der Waals surface area (Å²) in [5, 5.41) is 3.34. The van der Waals surface area contributed by atoms with Gasteiger partial charge in [-0.25, -0.2) is 8.42 Å². The molecule has 2 fully saturated rings. The molecule has 9 heteroatoms. The minimum Gasteiger partial charge on any atom is -0.381 e. The van der Waals surface area contributed by atoms with Gasteiger partial charge < -0.3 is 15.0 Å². The molecule has 0 spiro atoms. The van der Waals surface area contributed by atoms with E-state index in [9.17, 15) is 8.42 Å². The Morgan fingerprint density at radius 1 is 1.16 bits per heavy atom. The van der Waals surface area contributed by atoms with Crippen molar-refractivity contribution in [3.8, 4) is 0 Å². The number of nitrogens with one attached hydrogen (secondary N) is 1. The molecular formula is C22H35IN4O3S. The zero-order valence-corrected chi connectivity index (χ0v) is 21.6. The second-order valence-electron chi connectivity index (χ2n) is 8.07. The second-order valence-corrected chi connectivity index (χ2v) is 10.5. The number of nitrogens with zero attached hydrogens (tertiary/aromatic N) is 3. The highest BCUT2D eigenvalue weighted by molar-refractivity contribution is 14.0. The first-order chi connectivity index (χ1) is 14.4. The third-order valence-corrected chi connectivity index (χ3v) is 8.24. The van der Waals surface area contributed by atoms with E-state index in [1.165, 1.54) is 11.8 Å². The lowest BCUT2D eigenvalue weighted by molar-refractivity contribution is 0.0753. The summed E-state index contributed by atoms with van der Waals surface area (Å²) in [6.45, 7) is 5.91. The van der Waals surface area contributed by atoms with Crippen molar-refractivity contribution in [2.24, 2.45) is 4.99 Å². The van der Waals surface area contributed by atoms with Gasteiger partial charge in [-0.15, -0.1) is 24.0 Å². The summed E-state index contributed by atoms with van der Waals surface area (Å²) >= 11 is 0. The van der Waals surface area contributed by atoms with E-state index in [0.717, 1.165) is 38.7 Å². The molecule has 3 rings (SSSR count). The molecule has 0 unspecified atom stereocenters. The van der Waals surface area contributed by atoms with E-state index in [4.69, 9.17) is 4.74 Å². The third-order valence-electron chi connectivity index (χ3n) is 6.12. The van der Waals surface area contributed by atoms with E-state index >= 15 is 0 Å². The maximum absolute atomic E-state index is 12.5. The number of aliphatic imine (C=N–C) groups is 1. The van der Waals surface area contributed by atoms with Gasteiger partial charge in [0.2, 0.25) is 0 Å². The van der Waals surface area contributed by atoms with Crippen molar-refractivity contribution in [3.63, 3.8) is 0 Å². The van der Waals surface area contributed by atoms with Crippen molar-refractivity contribution in [2.45, 2.75) is 17.6 Å². The summed E-state index contributed by atoms with van der Waals surface area (Å²) in [4.78, 5) is 9.04. The number of sulfone groups is 1. The predicted molar refractivity (Wildman–Crippen MR) is 138 cm³/mol. The average Bonchev–Trinajstić information content (AvgIpc) is 2.76. The Labute approximate surface area is 203 Å². The van der Waals surface area contributed by atoms with Crippen LogP contribution in [0.1, 0.15) is 18.4 Å². The highest BCUT2D eigenvalue weighted by Gasteiger charge is 2.42. The smallest absolute Gasteiger partial charge is 0.193 e. The minimum atomic E-state index is -3.20. The van der Waals surface area contributed by atoms with Crippen molar-refractivity contribution in [1.29, 1.82) is 0 Å². The largest absolute Gasteiger partial charge is 0.381 e. The van der Waals surface area contributed by atoms with Crippen molar-refractivity contribution >= 4 is 45.8 Å². The summed E-state index contributed by atoms with van der Waals surface area (Å²) in [5.74, 6) is 0.781. The molecule has 0 aromatic heterocycles. The Balaban J connectivity index is 0.00000341. The zero-order valence-electron chi connectivity index (χ0n) is 18.5. The van der Waals surface area contributed by atoms with Crippen molar-refractivity contribution in [3.05, 3.63) is 42.0 Å². The van der Waals surface area contributed by atoms with Gasteiger partial charge in [0.15, 0.2) is 15.8 Å². The van der Waals surface area contributed by atoms with Crippen molar-refractivity contribution in [1.82, 2.24) is 15.1 Å². The fourth-order valence-corrected chi connectivity index (χ4v) is 5.28. The number of guanidine groups is 1. The van der Waals surface area contributed by atoms with E-state index in [1.54, 1.807) is 7.05 Å². The lowest BCUT2D eigenvalue weighted by Gasteiger charge is -2.39. The Morgan fingerprint density at radius 2 is 1.81 bits per heavy atom. The maximum atomic E-state index is 12.5. The molecule has 1 aromatic carbocycles. The first-order valence-electron chi connectivity index (χ1n) is 10.6. The molecule has 1 N–H and O–H groups in total. The van der Waals surface area contributed by atoms with Crippen LogP contribution in [0.15, 0.2) is 41.4 Å². The molecule has 31 heavy (non-hydrogen) atoms. The van der Waals surface area contributed by atoms with Crippen molar-refractivity contribution < 1.29 is 13.2 Å². The number of benzene rings is 1. The molecule has 7 nitrogen and oxygen atoms in total. The van der Waals surface area contributed by atoms with Gasteiger partial charge in [-0.3, -0.25) is 9.89 Å². The Kier molecular flexibility index (Phi) is 10.2. The van der Waals surface area contributed by atoms with Gasteiger partial charge >= 0.3 is 0 Å². The van der Waals surface area contributed by atoms with Gasteiger partial charge in [0, 0.05) is 65.8 Å². The minimum absolute atomic E-state index is 0. The molecule has 0 bridgehead atoms. The quantitative estimate of drug-likeness (QED) is 0.326. The van der Waals surface area contributed by atoms with Gasteiger partial charge in [-0.1, -0.05) is 42.5 Å². The molecule has 1 aromatic rings. The van der Waals surface area contributed by atoms with Crippen LogP contribution in [0.3, 0.4) is 0 Å². The fraction of sp³-hybridized carbons (Fsp3) is 0.591. The lowest BCUT2D eigenvalue weighted by atomic mass is 9.99. The number of ether oxygens (including phenoxy) is 1. The number of hydrogen-bond acceptors (Lipinski definition) is 5. The van der Waals surface area contributed by atoms with Crippen LogP contribution in [0.5, 0.6) is 0 Å². The molecule has 2 aliphatic heterocycles. The molecular weight excluding hydrogens is 527 g/mol. The number of rotatable bonds is 6. The van der Waals surface area contributed by atoms with E-state index < -0.39 is 14.6 Å². The average molecular weight is 563 g/mol. The van der Waals surface area contributed by atoms with Crippen LogP contribution >= 0.6 is 24.0 Å². The van der Waals surface area contributed by atoms with Crippen LogP contribution in [-0.4, -0.2) is 94.7 Å². The molecule has 2 aliphatic rings. The number of hydrogen-bond donors (Lipinski definition) is 1. The van der Waals surface area contributed by atoms with Crippen LogP contribution in [0.25, 0.3) is 6.08 Å². The van der Waals surface area contributed by atoms with E-state index in [0.29, 0.717) is 32.6 Å². The predicted octanol–water partition coefficient (Wildman–Crippen LogP) is 2.10. The molecule has 0 aliphatic carbocycles. The number of halogens is 1. The topological polar surface area (TPSA) is 74.2 Å². The van der Waals surface area contributed by atoms with Crippen LogP contribution < -0.4 is 5.32 Å². The van der Waals surface area contributed by atoms with Crippen LogP contribution in [-0.2, 0) is 14.6 Å². The first-order valence-corrected chi connectivity index (χ1v) is 12.5. The lowest BCUT2D eigenvalue weighted by Crippen LogP contribution is -2.57. The summed E-state index contributed by atoms with van der Waals surface area (Å²) in [7, 11) is -1.44. The fourth-order valence-electron chi connectivity index (χ4n) is 4.04. The van der Waals surface area contributed by atoms with Gasteiger partial charge in [-0.05, 0) is 18.4 Å². The Bertz CT molecular complexity index is 832. The van der Waals surface area contributed by atoms with Gasteiger partial charge in [0.25, 0.3) is 0 Å². The maximum Gasteiger partial charge on any atom is 0.193 e. The molecule has 2 heterocycles. The Hall–Kier alpha value is -1.17. The summed E-state index contributed by atoms with van der Waals surface area (Å²) in [5.41, 5.74) is 1.22. The van der Waals surface area contributed by atoms with Crippen molar-refractivity contribution in [2.75, 3.05) is 65.8 Å². The second kappa shape index (κ2) is 12.2. The molecule has 0 amide bonds. The van der Waals surface area contributed by atoms with E-state index in [2.05, 4.69) is 44.4 Å².